The summed E-state index contributed by atoms with van der Waals surface area (Å²) in [6, 6.07) is 10.4. The molecule has 1 saturated heterocycles. The Balaban J connectivity index is 0.00000341. The molecule has 0 spiro atoms. The molecule has 8 heteroatoms. The van der Waals surface area contributed by atoms with Gasteiger partial charge < -0.3 is 15.4 Å². The molecule has 1 aliphatic rings. The van der Waals surface area contributed by atoms with Gasteiger partial charge in [0.2, 0.25) is 0 Å². The number of morpholine rings is 1. The Labute approximate surface area is 203 Å². The third kappa shape index (κ3) is 7.47. The molecule has 2 aromatic rings. The Hall–Kier alpha value is -1.65. The molecule has 1 fully saturated rings. The van der Waals surface area contributed by atoms with Crippen LogP contribution < -0.4 is 10.6 Å². The number of hydrogen-bond donors (Lipinski definition) is 2. The van der Waals surface area contributed by atoms with Crippen molar-refractivity contribution in [3.63, 3.8) is 0 Å². The topological polar surface area (TPSA) is 66.7 Å². The smallest absolute Gasteiger partial charge is 0.191 e. The minimum atomic E-state index is 0. The largest absolute Gasteiger partial charge is 0.373 e. The Kier molecular flexibility index (Phi) is 9.77. The Morgan fingerprint density at radius 3 is 2.42 bits per heavy atom. The summed E-state index contributed by atoms with van der Waals surface area (Å²) in [6.07, 6.45) is 4.32. The molecule has 31 heavy (non-hydrogen) atoms. The average molecular weight is 540 g/mol. The summed E-state index contributed by atoms with van der Waals surface area (Å²) in [4.78, 5) is 6.93. The third-order valence-electron chi connectivity index (χ3n) is 5.64. The zero-order valence-electron chi connectivity index (χ0n) is 19.3. The Bertz CT molecular complexity index is 813. The number of ether oxygens (including phenoxy) is 1. The van der Waals surface area contributed by atoms with Crippen LogP contribution >= 0.6 is 24.0 Å². The van der Waals surface area contributed by atoms with Gasteiger partial charge in [0.15, 0.2) is 5.96 Å². The number of rotatable bonds is 7. The van der Waals surface area contributed by atoms with Crippen LogP contribution in [0.1, 0.15) is 38.8 Å². The highest BCUT2D eigenvalue weighted by atomic mass is 127. The number of nitrogens with one attached hydrogen (secondary N) is 2. The predicted molar refractivity (Wildman–Crippen MR) is 137 cm³/mol. The molecule has 1 aliphatic heterocycles. The van der Waals surface area contributed by atoms with E-state index in [1.807, 2.05) is 30.2 Å². The summed E-state index contributed by atoms with van der Waals surface area (Å²) in [6.45, 7) is 13.0. The third-order valence-corrected chi connectivity index (χ3v) is 5.64. The number of guanidine groups is 1. The van der Waals surface area contributed by atoms with Crippen molar-refractivity contribution in [1.29, 1.82) is 0 Å². The van der Waals surface area contributed by atoms with Gasteiger partial charge in [0, 0.05) is 51.2 Å². The van der Waals surface area contributed by atoms with Crippen molar-refractivity contribution in [2.24, 2.45) is 4.99 Å². The van der Waals surface area contributed by atoms with Crippen molar-refractivity contribution in [3.05, 3.63) is 53.9 Å². The van der Waals surface area contributed by atoms with Crippen molar-refractivity contribution in [1.82, 2.24) is 25.3 Å². The van der Waals surface area contributed by atoms with E-state index in [1.165, 1.54) is 11.1 Å². The molecule has 7 nitrogen and oxygen atoms in total. The Morgan fingerprint density at radius 2 is 1.81 bits per heavy atom. The fraction of sp³-hybridized carbons (Fsp3) is 0.565. The number of hydrogen-bond acceptors (Lipinski definition) is 4. The van der Waals surface area contributed by atoms with Crippen LogP contribution in [0.15, 0.2) is 47.7 Å². The number of nitrogens with zero attached hydrogens (tertiary/aromatic N) is 4. The van der Waals surface area contributed by atoms with Crippen molar-refractivity contribution in [3.8, 4) is 0 Å². The zero-order valence-corrected chi connectivity index (χ0v) is 21.7. The van der Waals surface area contributed by atoms with Gasteiger partial charge >= 0.3 is 0 Å². The van der Waals surface area contributed by atoms with Crippen molar-refractivity contribution < 1.29 is 4.74 Å². The van der Waals surface area contributed by atoms with Crippen molar-refractivity contribution >= 4 is 29.9 Å². The zero-order chi connectivity index (χ0) is 21.6. The number of benzene rings is 1. The molecule has 0 saturated carbocycles. The van der Waals surface area contributed by atoms with E-state index in [0.717, 1.165) is 32.1 Å². The highest BCUT2D eigenvalue weighted by molar-refractivity contribution is 14.0. The van der Waals surface area contributed by atoms with Crippen LogP contribution in [0.25, 0.3) is 0 Å². The highest BCUT2D eigenvalue weighted by Gasteiger charge is 2.33. The lowest BCUT2D eigenvalue weighted by molar-refractivity contribution is -0.0946. The first kappa shape index (κ1) is 25.6. The first-order valence-corrected chi connectivity index (χ1v) is 10.8. The van der Waals surface area contributed by atoms with Crippen LogP contribution in [-0.4, -0.2) is 65.1 Å². The van der Waals surface area contributed by atoms with Crippen LogP contribution in [0.2, 0.25) is 0 Å². The lowest BCUT2D eigenvalue weighted by Crippen LogP contribution is -2.59. The van der Waals surface area contributed by atoms with E-state index in [1.54, 1.807) is 0 Å². The fourth-order valence-electron chi connectivity index (χ4n) is 3.94. The van der Waals surface area contributed by atoms with E-state index in [0.29, 0.717) is 6.54 Å². The van der Waals surface area contributed by atoms with Crippen LogP contribution in [0, 0.1) is 0 Å². The lowest BCUT2D eigenvalue weighted by atomic mass is 10.00. The molecule has 2 N–H and O–H groups in total. The molecular weight excluding hydrogens is 503 g/mol. The minimum absolute atomic E-state index is 0. The van der Waals surface area contributed by atoms with Gasteiger partial charge in [-0.3, -0.25) is 14.6 Å². The molecule has 0 aliphatic carbocycles. The molecule has 2 atom stereocenters. The maximum Gasteiger partial charge on any atom is 0.191 e. The standard InChI is InChI=1S/C23H36N6O.HI/c1-18-14-28(15-19(2)30-18)23(3,4)17-26-22(24-5)25-13-20-9-6-7-10-21(20)16-29-12-8-11-27-29;/h6-12,18-19H,13-17H2,1-5H3,(H2,24,25,26);1H. The van der Waals surface area contributed by atoms with Gasteiger partial charge in [-0.25, -0.2) is 0 Å². The summed E-state index contributed by atoms with van der Waals surface area (Å²) >= 11 is 0. The van der Waals surface area contributed by atoms with Crippen molar-refractivity contribution in [2.45, 2.75) is 58.5 Å². The molecule has 0 radical (unpaired) electrons. The van der Waals surface area contributed by atoms with E-state index in [9.17, 15) is 0 Å². The summed E-state index contributed by atoms with van der Waals surface area (Å²) < 4.78 is 7.83. The second-order valence-electron chi connectivity index (χ2n) is 8.73. The second kappa shape index (κ2) is 11.8. The van der Waals surface area contributed by atoms with Gasteiger partial charge in [0.05, 0.1) is 18.8 Å². The molecule has 1 aromatic carbocycles. The van der Waals surface area contributed by atoms with E-state index < -0.39 is 0 Å². The second-order valence-corrected chi connectivity index (χ2v) is 8.73. The summed E-state index contributed by atoms with van der Waals surface area (Å²) in [5, 5.41) is 11.3. The maximum absolute atomic E-state index is 5.89. The Morgan fingerprint density at radius 1 is 1.13 bits per heavy atom. The van der Waals surface area contributed by atoms with Crippen LogP contribution in [0.5, 0.6) is 0 Å². The summed E-state index contributed by atoms with van der Waals surface area (Å²) in [5.41, 5.74) is 2.49. The van der Waals surface area contributed by atoms with Gasteiger partial charge in [-0.1, -0.05) is 24.3 Å². The van der Waals surface area contributed by atoms with Crippen LogP contribution in [0.3, 0.4) is 0 Å². The molecule has 0 bridgehead atoms. The number of aromatic nitrogens is 2. The number of halogens is 1. The van der Waals surface area contributed by atoms with Gasteiger partial charge in [0.25, 0.3) is 0 Å². The average Bonchev–Trinajstić information content (AvgIpc) is 3.21. The van der Waals surface area contributed by atoms with E-state index in [-0.39, 0.29) is 41.7 Å². The normalized spacial score (nSPS) is 20.2. The van der Waals surface area contributed by atoms with Gasteiger partial charge in [0.1, 0.15) is 0 Å². The quantitative estimate of drug-likeness (QED) is 0.321. The monoisotopic (exact) mass is 540 g/mol. The van der Waals surface area contributed by atoms with Gasteiger partial charge in [-0.2, -0.15) is 5.10 Å². The van der Waals surface area contributed by atoms with Gasteiger partial charge in [-0.05, 0) is 44.9 Å². The SMILES string of the molecule is CN=C(NCc1ccccc1Cn1cccn1)NCC(C)(C)N1CC(C)OC(C)C1.I. The molecule has 1 aromatic heterocycles. The lowest BCUT2D eigenvalue weighted by Gasteiger charge is -2.45. The summed E-state index contributed by atoms with van der Waals surface area (Å²) in [5.74, 6) is 0.811. The summed E-state index contributed by atoms with van der Waals surface area (Å²) in [7, 11) is 1.82. The predicted octanol–water partition coefficient (Wildman–Crippen LogP) is 3.10. The maximum atomic E-state index is 5.89. The van der Waals surface area contributed by atoms with E-state index in [2.05, 4.69) is 77.6 Å². The highest BCUT2D eigenvalue weighted by Crippen LogP contribution is 2.20. The van der Waals surface area contributed by atoms with Gasteiger partial charge in [-0.15, -0.1) is 24.0 Å². The van der Waals surface area contributed by atoms with E-state index in [4.69, 9.17) is 4.74 Å². The molecule has 3 rings (SSSR count). The molecular formula is C23H37IN6O. The number of aliphatic imine (C=N–C) groups is 1. The van der Waals surface area contributed by atoms with Crippen LogP contribution in [0.4, 0.5) is 0 Å². The minimum Gasteiger partial charge on any atom is -0.373 e. The molecule has 0 amide bonds. The molecule has 2 heterocycles. The fourth-order valence-corrected chi connectivity index (χ4v) is 3.94. The first-order valence-electron chi connectivity index (χ1n) is 10.8. The molecule has 2 unspecified atom stereocenters. The first-order chi connectivity index (χ1) is 14.4. The molecule has 172 valence electrons. The van der Waals surface area contributed by atoms with Crippen molar-refractivity contribution in [2.75, 3.05) is 26.7 Å². The van der Waals surface area contributed by atoms with Crippen LogP contribution in [-0.2, 0) is 17.8 Å². The van der Waals surface area contributed by atoms with E-state index >= 15 is 0 Å².